The third-order valence-corrected chi connectivity index (χ3v) is 10.7. The van der Waals surface area contributed by atoms with Gasteiger partial charge < -0.3 is 9.47 Å². The average molecular weight is 469 g/mol. The summed E-state index contributed by atoms with van der Waals surface area (Å²) < 4.78 is 41.7. The van der Waals surface area contributed by atoms with Gasteiger partial charge in [0.2, 0.25) is 0 Å². The predicted molar refractivity (Wildman–Crippen MR) is 122 cm³/mol. The van der Waals surface area contributed by atoms with Gasteiger partial charge >= 0.3 is 11.9 Å². The van der Waals surface area contributed by atoms with Crippen molar-refractivity contribution in [1.82, 2.24) is 0 Å². The number of hydrogen-bond donors (Lipinski definition) is 0. The first kappa shape index (κ1) is 24.9. The second-order valence-electron chi connectivity index (χ2n) is 12.2. The lowest BCUT2D eigenvalue weighted by atomic mass is 9.43. The fourth-order valence-corrected chi connectivity index (χ4v) is 9.21. The van der Waals surface area contributed by atoms with Crippen molar-refractivity contribution in [3.8, 4) is 0 Å². The van der Waals surface area contributed by atoms with Crippen molar-refractivity contribution >= 4 is 11.9 Å². The summed E-state index contributed by atoms with van der Waals surface area (Å²) in [6.45, 7) is 8.06. The fraction of sp³-hybridized carbons (Fsp3) is 0.926. The van der Waals surface area contributed by atoms with Crippen molar-refractivity contribution in [2.24, 2.45) is 46.3 Å². The Morgan fingerprint density at radius 2 is 1.70 bits per heavy atom. The van der Waals surface area contributed by atoms with Crippen LogP contribution in [-0.2, 0) is 19.1 Å². The summed E-state index contributed by atoms with van der Waals surface area (Å²) in [6.07, 6.45) is 6.76. The summed E-state index contributed by atoms with van der Waals surface area (Å²) in [4.78, 5) is 23.1. The lowest BCUT2D eigenvalue weighted by molar-refractivity contribution is -0.237. The molecule has 0 heterocycles. The van der Waals surface area contributed by atoms with E-state index in [-0.39, 0.29) is 41.2 Å². The van der Waals surface area contributed by atoms with Gasteiger partial charge in [-0.15, -0.1) is 0 Å². The molecule has 0 spiro atoms. The standard InChI is InChI=1S/C27H42F2O4/c1-16(6-9-24(31)32-5)20-7-8-21-19-15-27(28,29)23-14-18(33-17(2)30)10-12-26(23,4)22(19)11-13-25(20,21)3/h16,18-23H,6-15H2,1-5H3/t16-,18-,19+,20?,21+,22+,23-,25-,26-/m1/s1. The van der Waals surface area contributed by atoms with Crippen LogP contribution in [0.1, 0.15) is 91.9 Å². The molecule has 4 nitrogen and oxygen atoms in total. The quantitative estimate of drug-likeness (QED) is 0.438. The van der Waals surface area contributed by atoms with Gasteiger partial charge in [-0.2, -0.15) is 0 Å². The van der Waals surface area contributed by atoms with Crippen LogP contribution in [0.4, 0.5) is 8.78 Å². The minimum absolute atomic E-state index is 0.0196. The summed E-state index contributed by atoms with van der Waals surface area (Å²) >= 11 is 0. The number of hydrogen-bond acceptors (Lipinski definition) is 4. The smallest absolute Gasteiger partial charge is 0.305 e. The Morgan fingerprint density at radius 1 is 1.03 bits per heavy atom. The van der Waals surface area contributed by atoms with Gasteiger partial charge in [0.05, 0.1) is 7.11 Å². The Bertz CT molecular complexity index is 769. The molecule has 0 aromatic rings. The van der Waals surface area contributed by atoms with Crippen LogP contribution < -0.4 is 0 Å². The van der Waals surface area contributed by atoms with Crippen LogP contribution in [0.25, 0.3) is 0 Å². The number of carbonyl (C=O) groups is 2. The molecule has 4 rings (SSSR count). The van der Waals surface area contributed by atoms with Crippen LogP contribution in [0.5, 0.6) is 0 Å². The van der Waals surface area contributed by atoms with Crippen LogP contribution in [-0.4, -0.2) is 31.1 Å². The number of rotatable bonds is 5. The number of fused-ring (bicyclic) bond motifs is 5. The second-order valence-corrected chi connectivity index (χ2v) is 12.2. The number of carbonyl (C=O) groups excluding carboxylic acids is 2. The lowest BCUT2D eigenvalue weighted by Crippen LogP contribution is -2.60. The zero-order valence-corrected chi connectivity index (χ0v) is 21.0. The zero-order chi connectivity index (χ0) is 24.2. The molecule has 0 bridgehead atoms. The van der Waals surface area contributed by atoms with Gasteiger partial charge in [0.25, 0.3) is 5.92 Å². The molecule has 0 amide bonds. The molecule has 6 heteroatoms. The van der Waals surface area contributed by atoms with Crippen molar-refractivity contribution in [2.75, 3.05) is 7.11 Å². The highest BCUT2D eigenvalue weighted by molar-refractivity contribution is 5.69. The first-order valence-electron chi connectivity index (χ1n) is 13.0. The summed E-state index contributed by atoms with van der Waals surface area (Å²) in [7, 11) is 1.43. The highest BCUT2D eigenvalue weighted by Crippen LogP contribution is 2.70. The van der Waals surface area contributed by atoms with Crippen LogP contribution in [0.3, 0.4) is 0 Å². The van der Waals surface area contributed by atoms with Gasteiger partial charge in [0.15, 0.2) is 0 Å². The molecule has 4 aliphatic rings. The SMILES string of the molecule is COC(=O)CC[C@@H](C)C1CC[C@H]2[C@@H]3CC(F)(F)[C@@H]4C[C@H](OC(C)=O)CC[C@]4(C)[C@H]3CC[C@]12C. The van der Waals surface area contributed by atoms with E-state index in [4.69, 9.17) is 9.47 Å². The van der Waals surface area contributed by atoms with E-state index in [9.17, 15) is 9.59 Å². The van der Waals surface area contributed by atoms with Crippen molar-refractivity contribution < 1.29 is 27.8 Å². The van der Waals surface area contributed by atoms with Crippen LogP contribution in [0, 0.1) is 46.3 Å². The number of halogens is 2. The van der Waals surface area contributed by atoms with Crippen LogP contribution in [0.15, 0.2) is 0 Å². The molecule has 4 saturated carbocycles. The van der Waals surface area contributed by atoms with E-state index in [1.807, 2.05) is 0 Å². The summed E-state index contributed by atoms with van der Waals surface area (Å²) in [5, 5.41) is 0. The van der Waals surface area contributed by atoms with Gasteiger partial charge in [-0.3, -0.25) is 9.59 Å². The van der Waals surface area contributed by atoms with Crippen molar-refractivity contribution in [2.45, 2.75) is 104 Å². The van der Waals surface area contributed by atoms with Gasteiger partial charge in [-0.05, 0) is 91.8 Å². The van der Waals surface area contributed by atoms with E-state index in [0.29, 0.717) is 42.9 Å². The molecular formula is C27H42F2O4. The first-order valence-corrected chi connectivity index (χ1v) is 13.0. The van der Waals surface area contributed by atoms with Crippen molar-refractivity contribution in [3.63, 3.8) is 0 Å². The molecule has 188 valence electrons. The minimum Gasteiger partial charge on any atom is -0.469 e. The Kier molecular flexibility index (Phi) is 6.63. The molecule has 0 N–H and O–H groups in total. The molecule has 4 aliphatic carbocycles. The van der Waals surface area contributed by atoms with E-state index < -0.39 is 11.8 Å². The monoisotopic (exact) mass is 468 g/mol. The second kappa shape index (κ2) is 8.78. The van der Waals surface area contributed by atoms with E-state index >= 15 is 8.78 Å². The van der Waals surface area contributed by atoms with E-state index in [0.717, 1.165) is 38.5 Å². The highest BCUT2D eigenvalue weighted by Gasteiger charge is 2.67. The maximum atomic E-state index is 15.8. The molecule has 0 aromatic heterocycles. The third-order valence-electron chi connectivity index (χ3n) is 10.7. The largest absolute Gasteiger partial charge is 0.469 e. The van der Waals surface area contributed by atoms with Gasteiger partial charge in [0, 0.05) is 25.7 Å². The summed E-state index contributed by atoms with van der Waals surface area (Å²) in [5.74, 6) is -2.38. The Labute approximate surface area is 197 Å². The van der Waals surface area contributed by atoms with E-state index in [1.54, 1.807) is 0 Å². The predicted octanol–water partition coefficient (Wildman–Crippen LogP) is 6.41. The zero-order valence-electron chi connectivity index (χ0n) is 21.0. The van der Waals surface area contributed by atoms with Gasteiger partial charge in [0.1, 0.15) is 6.10 Å². The van der Waals surface area contributed by atoms with Crippen molar-refractivity contribution in [3.05, 3.63) is 0 Å². The average Bonchev–Trinajstić information content (AvgIpc) is 3.09. The van der Waals surface area contributed by atoms with Gasteiger partial charge in [-0.25, -0.2) is 8.78 Å². The number of alkyl halides is 2. The Hall–Kier alpha value is -1.20. The molecule has 4 fully saturated rings. The van der Waals surface area contributed by atoms with Gasteiger partial charge in [-0.1, -0.05) is 20.8 Å². The maximum absolute atomic E-state index is 15.8. The Balaban J connectivity index is 1.53. The molecule has 0 radical (unpaired) electrons. The molecular weight excluding hydrogens is 426 g/mol. The topological polar surface area (TPSA) is 52.6 Å². The summed E-state index contributed by atoms with van der Waals surface area (Å²) in [6, 6.07) is 0. The molecule has 33 heavy (non-hydrogen) atoms. The van der Waals surface area contributed by atoms with E-state index in [1.165, 1.54) is 14.0 Å². The highest BCUT2D eigenvalue weighted by atomic mass is 19.3. The fourth-order valence-electron chi connectivity index (χ4n) is 9.21. The van der Waals surface area contributed by atoms with Crippen LogP contribution in [0.2, 0.25) is 0 Å². The molecule has 0 aromatic carbocycles. The van der Waals surface area contributed by atoms with E-state index in [2.05, 4.69) is 20.8 Å². The minimum atomic E-state index is -2.72. The molecule has 9 atom stereocenters. The molecule has 0 saturated heterocycles. The first-order chi connectivity index (χ1) is 15.4. The lowest BCUT2D eigenvalue weighted by Gasteiger charge is -2.63. The van der Waals surface area contributed by atoms with Crippen molar-refractivity contribution in [1.29, 1.82) is 0 Å². The van der Waals surface area contributed by atoms with Crippen LogP contribution >= 0.6 is 0 Å². The number of ether oxygens (including phenoxy) is 2. The molecule has 0 aliphatic heterocycles. The maximum Gasteiger partial charge on any atom is 0.305 e. The number of esters is 2. The summed E-state index contributed by atoms with van der Waals surface area (Å²) in [5.41, 5.74) is -0.316. The Morgan fingerprint density at radius 3 is 2.36 bits per heavy atom. The normalized spacial score (nSPS) is 44.7. The molecule has 1 unspecified atom stereocenters. The number of methoxy groups -OCH3 is 1. The third kappa shape index (κ3) is 4.22.